The van der Waals surface area contributed by atoms with Gasteiger partial charge in [-0.3, -0.25) is 4.79 Å². The number of amides is 1. The first kappa shape index (κ1) is 13.5. The van der Waals surface area contributed by atoms with E-state index in [4.69, 9.17) is 0 Å². The van der Waals surface area contributed by atoms with Crippen LogP contribution in [0.4, 0.5) is 5.69 Å². The third-order valence-corrected chi connectivity index (χ3v) is 3.38. The van der Waals surface area contributed by atoms with Crippen LogP contribution in [0.25, 0.3) is 0 Å². The molecule has 6 heteroatoms. The van der Waals surface area contributed by atoms with E-state index in [1.54, 1.807) is 18.9 Å². The maximum absolute atomic E-state index is 11.3. The standard InChI is InChI=1S/C13H16N4OS/c1-10(18)17(2)8-11-5-3-4-6-13(11)14-7-12-9-19-16-15-12/h3-6,9,14H,7-8H2,1-2H3. The second-order valence-corrected chi connectivity index (χ2v) is 4.89. The van der Waals surface area contributed by atoms with Crippen LogP contribution < -0.4 is 5.32 Å². The lowest BCUT2D eigenvalue weighted by atomic mass is 10.1. The minimum absolute atomic E-state index is 0.0542. The van der Waals surface area contributed by atoms with Gasteiger partial charge in [0.05, 0.1) is 12.2 Å². The summed E-state index contributed by atoms with van der Waals surface area (Å²) in [6, 6.07) is 7.96. The molecular weight excluding hydrogens is 260 g/mol. The van der Waals surface area contributed by atoms with Crippen LogP contribution in [-0.4, -0.2) is 27.4 Å². The molecule has 0 saturated heterocycles. The van der Waals surface area contributed by atoms with E-state index in [-0.39, 0.29) is 5.91 Å². The maximum Gasteiger partial charge on any atom is 0.219 e. The Hall–Kier alpha value is -1.95. The Balaban J connectivity index is 2.05. The number of carbonyl (C=O) groups excluding carboxylic acids is 1. The van der Waals surface area contributed by atoms with Crippen molar-refractivity contribution in [2.45, 2.75) is 20.0 Å². The molecule has 0 unspecified atom stereocenters. The largest absolute Gasteiger partial charge is 0.379 e. The van der Waals surface area contributed by atoms with Crippen LogP contribution in [0.1, 0.15) is 18.2 Å². The Bertz CT molecular complexity index is 541. The van der Waals surface area contributed by atoms with Gasteiger partial charge in [-0.25, -0.2) is 0 Å². The summed E-state index contributed by atoms with van der Waals surface area (Å²) in [5.41, 5.74) is 3.02. The Morgan fingerprint density at radius 2 is 2.21 bits per heavy atom. The molecule has 2 rings (SSSR count). The lowest BCUT2D eigenvalue weighted by Crippen LogP contribution is -2.23. The van der Waals surface area contributed by atoms with Crippen LogP contribution >= 0.6 is 11.5 Å². The average molecular weight is 276 g/mol. The normalized spacial score (nSPS) is 10.2. The van der Waals surface area contributed by atoms with Crippen LogP contribution in [0.3, 0.4) is 0 Å². The van der Waals surface area contributed by atoms with Gasteiger partial charge >= 0.3 is 0 Å². The molecule has 1 aromatic carbocycles. The molecule has 0 saturated carbocycles. The highest BCUT2D eigenvalue weighted by Gasteiger charge is 2.07. The van der Waals surface area contributed by atoms with Crippen molar-refractivity contribution >= 4 is 23.1 Å². The van der Waals surface area contributed by atoms with Crippen LogP contribution in [0.2, 0.25) is 0 Å². The second-order valence-electron chi connectivity index (χ2n) is 4.28. The maximum atomic E-state index is 11.3. The van der Waals surface area contributed by atoms with Crippen molar-refractivity contribution in [2.75, 3.05) is 12.4 Å². The summed E-state index contributed by atoms with van der Waals surface area (Å²) in [6.07, 6.45) is 0. The quantitative estimate of drug-likeness (QED) is 0.909. The first-order valence-corrected chi connectivity index (χ1v) is 6.80. The van der Waals surface area contributed by atoms with Gasteiger partial charge in [0, 0.05) is 31.6 Å². The number of nitrogens with zero attached hydrogens (tertiary/aromatic N) is 3. The third-order valence-electron chi connectivity index (χ3n) is 2.83. The van der Waals surface area contributed by atoms with Crippen molar-refractivity contribution in [2.24, 2.45) is 0 Å². The molecule has 0 aliphatic rings. The number of para-hydroxylation sites is 1. The summed E-state index contributed by atoms with van der Waals surface area (Å²) in [6.45, 7) is 2.79. The molecule has 100 valence electrons. The number of nitrogens with one attached hydrogen (secondary N) is 1. The van der Waals surface area contributed by atoms with Gasteiger partial charge in [0.25, 0.3) is 0 Å². The number of anilines is 1. The SMILES string of the molecule is CC(=O)N(C)Cc1ccccc1NCc1csnn1. The molecule has 1 amide bonds. The van der Waals surface area contributed by atoms with Crippen LogP contribution in [0, 0.1) is 0 Å². The van der Waals surface area contributed by atoms with Gasteiger partial charge in [-0.1, -0.05) is 22.7 Å². The van der Waals surface area contributed by atoms with Gasteiger partial charge in [-0.15, -0.1) is 5.10 Å². The molecule has 0 aliphatic carbocycles. The molecular formula is C13H16N4OS. The molecule has 0 radical (unpaired) electrons. The zero-order valence-corrected chi connectivity index (χ0v) is 11.8. The lowest BCUT2D eigenvalue weighted by molar-refractivity contribution is -0.128. The number of rotatable bonds is 5. The van der Waals surface area contributed by atoms with Crippen LogP contribution in [0.5, 0.6) is 0 Å². The zero-order chi connectivity index (χ0) is 13.7. The summed E-state index contributed by atoms with van der Waals surface area (Å²) in [5, 5.41) is 9.23. The zero-order valence-electron chi connectivity index (χ0n) is 11.0. The van der Waals surface area contributed by atoms with E-state index in [1.165, 1.54) is 11.5 Å². The number of carbonyl (C=O) groups is 1. The first-order valence-electron chi connectivity index (χ1n) is 5.96. The lowest BCUT2D eigenvalue weighted by Gasteiger charge is -2.18. The van der Waals surface area contributed by atoms with Crippen molar-refractivity contribution < 1.29 is 4.79 Å². The molecule has 0 fully saturated rings. The van der Waals surface area contributed by atoms with Gasteiger partial charge in [0.2, 0.25) is 5.91 Å². The fourth-order valence-corrected chi connectivity index (χ4v) is 2.10. The molecule has 1 N–H and O–H groups in total. The van der Waals surface area contributed by atoms with E-state index >= 15 is 0 Å². The van der Waals surface area contributed by atoms with Gasteiger partial charge in [0.1, 0.15) is 0 Å². The van der Waals surface area contributed by atoms with Gasteiger partial charge < -0.3 is 10.2 Å². The van der Waals surface area contributed by atoms with Crippen LogP contribution in [-0.2, 0) is 17.9 Å². The van der Waals surface area contributed by atoms with E-state index in [2.05, 4.69) is 14.9 Å². The Labute approximate surface area is 116 Å². The van der Waals surface area contributed by atoms with Crippen molar-refractivity contribution in [3.63, 3.8) is 0 Å². The van der Waals surface area contributed by atoms with E-state index in [1.807, 2.05) is 29.6 Å². The molecule has 2 aromatic rings. The highest BCUT2D eigenvalue weighted by Crippen LogP contribution is 2.17. The third kappa shape index (κ3) is 3.75. The number of benzene rings is 1. The predicted molar refractivity (Wildman–Crippen MR) is 75.8 cm³/mol. The topological polar surface area (TPSA) is 58.1 Å². The monoisotopic (exact) mass is 276 g/mol. The first-order chi connectivity index (χ1) is 9.16. The van der Waals surface area contributed by atoms with E-state index in [0.29, 0.717) is 13.1 Å². The molecule has 19 heavy (non-hydrogen) atoms. The van der Waals surface area contributed by atoms with Crippen molar-refractivity contribution in [1.82, 2.24) is 14.5 Å². The molecule has 0 bridgehead atoms. The fraction of sp³-hybridized carbons (Fsp3) is 0.308. The van der Waals surface area contributed by atoms with E-state index in [0.717, 1.165) is 16.9 Å². The van der Waals surface area contributed by atoms with Crippen molar-refractivity contribution in [3.8, 4) is 0 Å². The second kappa shape index (κ2) is 6.29. The van der Waals surface area contributed by atoms with Gasteiger partial charge in [-0.05, 0) is 23.2 Å². The molecule has 1 heterocycles. The van der Waals surface area contributed by atoms with Crippen LogP contribution in [0.15, 0.2) is 29.6 Å². The predicted octanol–water partition coefficient (Wildman–Crippen LogP) is 2.13. The fourth-order valence-electron chi connectivity index (χ4n) is 1.64. The molecule has 0 aliphatic heterocycles. The molecule has 1 aromatic heterocycles. The molecule has 5 nitrogen and oxygen atoms in total. The Kier molecular flexibility index (Phi) is 4.46. The summed E-state index contributed by atoms with van der Waals surface area (Å²) in [4.78, 5) is 13.0. The van der Waals surface area contributed by atoms with E-state index < -0.39 is 0 Å². The Morgan fingerprint density at radius 3 is 2.89 bits per heavy atom. The van der Waals surface area contributed by atoms with Crippen molar-refractivity contribution in [1.29, 1.82) is 0 Å². The highest BCUT2D eigenvalue weighted by molar-refractivity contribution is 7.03. The molecule has 0 spiro atoms. The minimum atomic E-state index is 0.0542. The average Bonchev–Trinajstić information content (AvgIpc) is 2.90. The summed E-state index contributed by atoms with van der Waals surface area (Å²) in [5.74, 6) is 0.0542. The summed E-state index contributed by atoms with van der Waals surface area (Å²) >= 11 is 1.34. The smallest absolute Gasteiger partial charge is 0.219 e. The summed E-state index contributed by atoms with van der Waals surface area (Å²) < 4.78 is 3.83. The highest BCUT2D eigenvalue weighted by atomic mass is 32.1. The van der Waals surface area contributed by atoms with Crippen molar-refractivity contribution in [3.05, 3.63) is 40.9 Å². The number of hydrogen-bond acceptors (Lipinski definition) is 5. The number of aromatic nitrogens is 2. The number of hydrogen-bond donors (Lipinski definition) is 1. The van der Waals surface area contributed by atoms with Gasteiger partial charge in [-0.2, -0.15) is 0 Å². The van der Waals surface area contributed by atoms with E-state index in [9.17, 15) is 4.79 Å². The van der Waals surface area contributed by atoms with Gasteiger partial charge in [0.15, 0.2) is 0 Å². The molecule has 0 atom stereocenters. The Morgan fingerprint density at radius 1 is 1.42 bits per heavy atom. The summed E-state index contributed by atoms with van der Waals surface area (Å²) in [7, 11) is 1.80. The minimum Gasteiger partial charge on any atom is -0.379 e.